The number of halogens is 1. The summed E-state index contributed by atoms with van der Waals surface area (Å²) in [5, 5.41) is 25.4. The summed E-state index contributed by atoms with van der Waals surface area (Å²) < 4.78 is 5.24. The number of phenols is 1. The van der Waals surface area contributed by atoms with Crippen molar-refractivity contribution in [2.75, 3.05) is 11.9 Å². The van der Waals surface area contributed by atoms with Gasteiger partial charge >= 0.3 is 6.09 Å². The predicted octanol–water partition coefficient (Wildman–Crippen LogP) is 4.55. The first kappa shape index (κ1) is 29.9. The number of carbonyl (C=O) groups excluding carboxylic acids is 3. The summed E-state index contributed by atoms with van der Waals surface area (Å²) in [6, 6.07) is 8.45. The van der Waals surface area contributed by atoms with Gasteiger partial charge in [0.05, 0.1) is 17.3 Å². The standard InChI is InChI=1S/C27H36ClN3O6/c1-16-9-8-10-19(28)21(16)30-23(34)22(17-11-13-18(33)14-12-17)31(26(2,3)4)24(35)20(15-32)29-25(36)37-27(5,6)7/h8-14,20,22,32-33H,15H2,1-7H3,(H,29,36)(H,30,34). The molecule has 0 bridgehead atoms. The van der Waals surface area contributed by atoms with Gasteiger partial charge in [0.15, 0.2) is 0 Å². The number of para-hydroxylation sites is 1. The molecule has 2 aromatic carbocycles. The summed E-state index contributed by atoms with van der Waals surface area (Å²) in [6.45, 7) is 11.3. The van der Waals surface area contributed by atoms with Crippen LogP contribution < -0.4 is 10.6 Å². The molecule has 0 heterocycles. The van der Waals surface area contributed by atoms with E-state index >= 15 is 0 Å². The fourth-order valence-corrected chi connectivity index (χ4v) is 3.97. The number of hydrogen-bond donors (Lipinski definition) is 4. The molecule has 2 unspecified atom stereocenters. The molecular formula is C27H36ClN3O6. The minimum absolute atomic E-state index is 0.0154. The molecule has 4 N–H and O–H groups in total. The van der Waals surface area contributed by atoms with Crippen molar-refractivity contribution in [1.82, 2.24) is 10.2 Å². The number of hydrogen-bond acceptors (Lipinski definition) is 6. The first-order valence-electron chi connectivity index (χ1n) is 11.8. The number of aliphatic hydroxyl groups excluding tert-OH is 1. The van der Waals surface area contributed by atoms with Crippen LogP contribution in [-0.2, 0) is 14.3 Å². The normalized spacial score (nSPS) is 13.3. The monoisotopic (exact) mass is 533 g/mol. The van der Waals surface area contributed by atoms with Crippen LogP contribution in [0.5, 0.6) is 5.75 Å². The Kier molecular flexibility index (Phi) is 9.57. The van der Waals surface area contributed by atoms with Crippen LogP contribution >= 0.6 is 11.6 Å². The highest BCUT2D eigenvalue weighted by molar-refractivity contribution is 6.34. The number of nitrogens with one attached hydrogen (secondary N) is 2. The van der Waals surface area contributed by atoms with Crippen molar-refractivity contribution in [2.24, 2.45) is 0 Å². The lowest BCUT2D eigenvalue weighted by molar-refractivity contribution is -0.147. The number of anilines is 1. The lowest BCUT2D eigenvalue weighted by atomic mass is 9.95. The van der Waals surface area contributed by atoms with Crippen LogP contribution in [0.2, 0.25) is 5.02 Å². The summed E-state index contributed by atoms with van der Waals surface area (Å²) in [6.07, 6.45) is -0.883. The van der Waals surface area contributed by atoms with E-state index < -0.39 is 47.7 Å². The van der Waals surface area contributed by atoms with Crippen molar-refractivity contribution in [3.05, 3.63) is 58.6 Å². The Labute approximate surface area is 222 Å². The molecule has 2 rings (SSSR count). The Hall–Kier alpha value is -3.30. The molecule has 0 aliphatic carbocycles. The molecule has 0 saturated heterocycles. The molecule has 3 amide bonds. The molecule has 10 heteroatoms. The van der Waals surface area contributed by atoms with Crippen molar-refractivity contribution >= 4 is 35.2 Å². The summed E-state index contributed by atoms with van der Waals surface area (Å²) in [5.74, 6) is -1.29. The Morgan fingerprint density at radius 2 is 1.62 bits per heavy atom. The number of nitrogens with zero attached hydrogens (tertiary/aromatic N) is 1. The van der Waals surface area contributed by atoms with Crippen LogP contribution in [0.3, 0.4) is 0 Å². The fourth-order valence-electron chi connectivity index (χ4n) is 3.70. The molecule has 0 aliphatic heterocycles. The highest BCUT2D eigenvalue weighted by atomic mass is 35.5. The first-order chi connectivity index (χ1) is 17.0. The van der Waals surface area contributed by atoms with E-state index in [2.05, 4.69) is 10.6 Å². The number of amides is 3. The van der Waals surface area contributed by atoms with E-state index in [-0.39, 0.29) is 5.75 Å². The van der Waals surface area contributed by atoms with Gasteiger partial charge in [-0.2, -0.15) is 0 Å². The minimum Gasteiger partial charge on any atom is -0.508 e. The lowest BCUT2D eigenvalue weighted by Crippen LogP contribution is -2.59. The Morgan fingerprint density at radius 3 is 2.11 bits per heavy atom. The van der Waals surface area contributed by atoms with Gasteiger partial charge in [-0.1, -0.05) is 35.9 Å². The third-order valence-electron chi connectivity index (χ3n) is 5.32. The average molecular weight is 534 g/mol. The zero-order valence-corrected chi connectivity index (χ0v) is 23.0. The van der Waals surface area contributed by atoms with E-state index in [1.165, 1.54) is 29.2 Å². The number of alkyl carbamates (subject to hydrolysis) is 1. The van der Waals surface area contributed by atoms with Crippen LogP contribution in [-0.4, -0.2) is 56.8 Å². The molecule has 0 fully saturated rings. The second-order valence-electron chi connectivity index (χ2n) is 10.7. The second-order valence-corrected chi connectivity index (χ2v) is 11.1. The number of aromatic hydroxyl groups is 1. The highest BCUT2D eigenvalue weighted by Gasteiger charge is 2.42. The van der Waals surface area contributed by atoms with Crippen molar-refractivity contribution in [3.8, 4) is 5.75 Å². The zero-order chi connectivity index (χ0) is 28.1. The van der Waals surface area contributed by atoms with Crippen LogP contribution in [0.4, 0.5) is 10.5 Å². The number of carbonyl (C=O) groups is 3. The third kappa shape index (κ3) is 8.10. The van der Waals surface area contributed by atoms with E-state index in [1.54, 1.807) is 66.7 Å². The summed E-state index contributed by atoms with van der Waals surface area (Å²) in [4.78, 5) is 41.3. The molecule has 0 aromatic heterocycles. The molecular weight excluding hydrogens is 498 g/mol. The number of aryl methyl sites for hydroxylation is 1. The maximum atomic E-state index is 13.8. The quantitative estimate of drug-likeness (QED) is 0.413. The smallest absolute Gasteiger partial charge is 0.408 e. The molecule has 0 radical (unpaired) electrons. The molecule has 9 nitrogen and oxygen atoms in total. The number of rotatable bonds is 7. The maximum absolute atomic E-state index is 13.8. The van der Waals surface area contributed by atoms with Crippen molar-refractivity contribution in [1.29, 1.82) is 0 Å². The fraction of sp³-hybridized carbons (Fsp3) is 0.444. The van der Waals surface area contributed by atoms with E-state index in [0.29, 0.717) is 16.3 Å². The van der Waals surface area contributed by atoms with Gasteiger partial charge in [-0.15, -0.1) is 0 Å². The molecule has 2 aromatic rings. The van der Waals surface area contributed by atoms with Crippen LogP contribution in [0, 0.1) is 6.92 Å². The van der Waals surface area contributed by atoms with Crippen molar-refractivity contribution in [2.45, 2.75) is 71.7 Å². The van der Waals surface area contributed by atoms with Gasteiger partial charge in [-0.05, 0) is 77.8 Å². The largest absolute Gasteiger partial charge is 0.508 e. The van der Waals surface area contributed by atoms with Crippen LogP contribution in [0.15, 0.2) is 42.5 Å². The minimum atomic E-state index is -1.39. The van der Waals surface area contributed by atoms with E-state index in [9.17, 15) is 24.6 Å². The van der Waals surface area contributed by atoms with Crippen molar-refractivity contribution in [3.63, 3.8) is 0 Å². The predicted molar refractivity (Wildman–Crippen MR) is 143 cm³/mol. The number of aliphatic hydroxyl groups is 1. The van der Waals surface area contributed by atoms with Gasteiger partial charge in [0.25, 0.3) is 5.91 Å². The first-order valence-corrected chi connectivity index (χ1v) is 12.2. The van der Waals surface area contributed by atoms with Crippen LogP contribution in [0.25, 0.3) is 0 Å². The van der Waals surface area contributed by atoms with E-state index in [1.807, 2.05) is 0 Å². The SMILES string of the molecule is Cc1cccc(Cl)c1NC(=O)C(c1ccc(O)cc1)N(C(=O)C(CO)NC(=O)OC(C)(C)C)C(C)(C)C. The van der Waals surface area contributed by atoms with E-state index in [4.69, 9.17) is 16.3 Å². The van der Waals surface area contributed by atoms with Gasteiger partial charge in [0.1, 0.15) is 23.4 Å². The summed E-state index contributed by atoms with van der Waals surface area (Å²) >= 11 is 6.34. The van der Waals surface area contributed by atoms with Gasteiger partial charge in [-0.3, -0.25) is 9.59 Å². The summed E-state index contributed by atoms with van der Waals surface area (Å²) in [7, 11) is 0. The number of ether oxygens (including phenoxy) is 1. The Bertz CT molecular complexity index is 1100. The van der Waals surface area contributed by atoms with Crippen LogP contribution in [0.1, 0.15) is 58.7 Å². The molecule has 0 saturated carbocycles. The highest BCUT2D eigenvalue weighted by Crippen LogP contribution is 2.33. The molecule has 202 valence electrons. The molecule has 0 spiro atoms. The maximum Gasteiger partial charge on any atom is 0.408 e. The van der Waals surface area contributed by atoms with E-state index in [0.717, 1.165) is 5.56 Å². The molecule has 37 heavy (non-hydrogen) atoms. The summed E-state index contributed by atoms with van der Waals surface area (Å²) in [5.41, 5.74) is -0.256. The van der Waals surface area contributed by atoms with Gasteiger partial charge in [0.2, 0.25) is 5.91 Å². The second kappa shape index (κ2) is 11.8. The zero-order valence-electron chi connectivity index (χ0n) is 22.3. The van der Waals surface area contributed by atoms with Crippen molar-refractivity contribution < 1.29 is 29.3 Å². The van der Waals surface area contributed by atoms with Gasteiger partial charge in [-0.25, -0.2) is 4.79 Å². The third-order valence-corrected chi connectivity index (χ3v) is 5.63. The topological polar surface area (TPSA) is 128 Å². The van der Waals surface area contributed by atoms with Gasteiger partial charge < -0.3 is 30.5 Å². The lowest BCUT2D eigenvalue weighted by Gasteiger charge is -2.42. The molecule has 2 atom stereocenters. The molecule has 0 aliphatic rings. The number of benzene rings is 2. The van der Waals surface area contributed by atoms with Gasteiger partial charge in [0, 0.05) is 5.54 Å². The number of phenolic OH excluding ortho intramolecular Hbond substituents is 1. The Morgan fingerprint density at radius 1 is 1.03 bits per heavy atom. The Balaban J connectivity index is 2.56. The average Bonchev–Trinajstić information content (AvgIpc) is 2.76.